The van der Waals surface area contributed by atoms with Gasteiger partial charge in [-0.3, -0.25) is 19.5 Å². The van der Waals surface area contributed by atoms with Gasteiger partial charge in [0.25, 0.3) is 5.78 Å². The van der Waals surface area contributed by atoms with Crippen molar-refractivity contribution >= 4 is 45.7 Å². The lowest BCUT2D eigenvalue weighted by Gasteiger charge is -2.22. The Hall–Kier alpha value is -4.02. The molecular formula is C28H24N4O4S2. The van der Waals surface area contributed by atoms with Gasteiger partial charge in [-0.2, -0.15) is 0 Å². The number of rotatable bonds is 9. The lowest BCUT2D eigenvalue weighted by atomic mass is 9.96. The summed E-state index contributed by atoms with van der Waals surface area (Å²) in [5.41, 5.74) is 2.15. The highest BCUT2D eigenvalue weighted by atomic mass is 32.2. The molecule has 38 heavy (non-hydrogen) atoms. The summed E-state index contributed by atoms with van der Waals surface area (Å²) >= 11 is 2.73. The predicted octanol–water partition coefficient (Wildman–Crippen LogP) is 5.64. The van der Waals surface area contributed by atoms with Gasteiger partial charge in [0.2, 0.25) is 5.13 Å². The van der Waals surface area contributed by atoms with Gasteiger partial charge >= 0.3 is 5.91 Å². The Labute approximate surface area is 228 Å². The lowest BCUT2D eigenvalue weighted by molar-refractivity contribution is -0.132. The fourth-order valence-corrected chi connectivity index (χ4v) is 5.88. The van der Waals surface area contributed by atoms with E-state index in [9.17, 15) is 14.7 Å². The van der Waals surface area contributed by atoms with Crippen molar-refractivity contribution in [2.24, 2.45) is 0 Å². The summed E-state index contributed by atoms with van der Waals surface area (Å²) in [6, 6.07) is 19.3. The molecule has 1 amide bonds. The number of carbonyl (C=O) groups is 2. The van der Waals surface area contributed by atoms with E-state index in [0.29, 0.717) is 33.6 Å². The summed E-state index contributed by atoms with van der Waals surface area (Å²) in [6.07, 6.45) is 4.03. The predicted molar refractivity (Wildman–Crippen MR) is 147 cm³/mol. The molecule has 1 unspecified atom stereocenters. The van der Waals surface area contributed by atoms with Gasteiger partial charge in [0.05, 0.1) is 18.2 Å². The van der Waals surface area contributed by atoms with Crippen molar-refractivity contribution in [3.05, 3.63) is 101 Å². The third-order valence-electron chi connectivity index (χ3n) is 5.87. The van der Waals surface area contributed by atoms with Crippen molar-refractivity contribution in [1.82, 2.24) is 15.2 Å². The molecule has 1 aliphatic heterocycles. The summed E-state index contributed by atoms with van der Waals surface area (Å²) in [4.78, 5) is 32.0. The molecule has 0 saturated carbocycles. The van der Waals surface area contributed by atoms with Crippen molar-refractivity contribution < 1.29 is 19.4 Å². The number of thioether (sulfide) groups is 1. The van der Waals surface area contributed by atoms with Crippen LogP contribution >= 0.6 is 23.1 Å². The van der Waals surface area contributed by atoms with Gasteiger partial charge in [0, 0.05) is 23.7 Å². The van der Waals surface area contributed by atoms with E-state index in [0.717, 1.165) is 12.0 Å². The maximum atomic E-state index is 13.3. The molecule has 1 fully saturated rings. The van der Waals surface area contributed by atoms with Crippen molar-refractivity contribution in [2.75, 3.05) is 11.5 Å². The number of pyridine rings is 1. The SMILES string of the molecule is CCCOc1ccc(/C(O)=C2\C(=O)C(=O)N(c3nnc(SCc4ccccc4)s3)C2c2ccncc2)cc1. The molecule has 10 heteroatoms. The van der Waals surface area contributed by atoms with E-state index in [1.54, 1.807) is 48.8 Å². The van der Waals surface area contributed by atoms with E-state index in [1.807, 2.05) is 37.3 Å². The van der Waals surface area contributed by atoms with Crippen LogP contribution in [0.15, 0.2) is 89.0 Å². The standard InChI is InChI=1S/C28H24N4O4S2/c1-2-16-36-21-10-8-20(9-11-21)24(33)22-23(19-12-14-29-15-13-19)32(26(35)25(22)34)27-30-31-28(38-27)37-17-18-6-4-3-5-7-18/h3-15,23,33H,2,16-17H2,1H3/b24-22+. The van der Waals surface area contributed by atoms with Crippen molar-refractivity contribution in [2.45, 2.75) is 29.5 Å². The number of anilines is 1. The largest absolute Gasteiger partial charge is 0.507 e. The van der Waals surface area contributed by atoms with Gasteiger partial charge in [0.1, 0.15) is 11.5 Å². The number of nitrogens with zero attached hydrogens (tertiary/aromatic N) is 4. The molecule has 0 radical (unpaired) electrons. The number of Topliss-reactive ketones (excluding diaryl/α,β-unsaturated/α-hetero) is 1. The number of aromatic nitrogens is 3. The minimum atomic E-state index is -0.881. The molecule has 1 aliphatic rings. The smallest absolute Gasteiger partial charge is 0.301 e. The van der Waals surface area contributed by atoms with Crippen molar-refractivity contribution in [3.8, 4) is 5.75 Å². The zero-order chi connectivity index (χ0) is 26.5. The fourth-order valence-electron chi connectivity index (χ4n) is 4.05. The number of hydrogen-bond acceptors (Lipinski definition) is 9. The topological polar surface area (TPSA) is 106 Å². The first kappa shape index (κ1) is 25.6. The second-order valence-corrected chi connectivity index (χ2v) is 10.6. The van der Waals surface area contributed by atoms with Crippen molar-refractivity contribution in [1.29, 1.82) is 0 Å². The first-order chi connectivity index (χ1) is 18.6. The second-order valence-electron chi connectivity index (χ2n) is 8.45. The van der Waals surface area contributed by atoms with Gasteiger partial charge in [-0.25, -0.2) is 0 Å². The Balaban J connectivity index is 1.49. The first-order valence-corrected chi connectivity index (χ1v) is 13.8. The van der Waals surface area contributed by atoms with Crippen LogP contribution in [0.4, 0.5) is 5.13 Å². The number of amides is 1. The first-order valence-electron chi connectivity index (χ1n) is 12.0. The summed E-state index contributed by atoms with van der Waals surface area (Å²) < 4.78 is 6.29. The van der Waals surface area contributed by atoms with E-state index in [1.165, 1.54) is 28.0 Å². The van der Waals surface area contributed by atoms with E-state index in [4.69, 9.17) is 4.74 Å². The summed E-state index contributed by atoms with van der Waals surface area (Å²) in [5.74, 6) is -0.474. The molecule has 1 N–H and O–H groups in total. The average Bonchev–Trinajstić information content (AvgIpc) is 3.53. The normalized spacial score (nSPS) is 16.7. The number of aliphatic hydroxyl groups is 1. The maximum Gasteiger partial charge on any atom is 0.301 e. The quantitative estimate of drug-likeness (QED) is 0.0949. The van der Waals surface area contributed by atoms with Crippen LogP contribution in [-0.4, -0.2) is 38.6 Å². The fraction of sp³-hybridized carbons (Fsp3) is 0.179. The molecule has 0 bridgehead atoms. The maximum absolute atomic E-state index is 13.3. The average molecular weight is 545 g/mol. The Morgan fingerprint density at radius 3 is 2.47 bits per heavy atom. The Bertz CT molecular complexity index is 1460. The lowest BCUT2D eigenvalue weighted by Crippen LogP contribution is -2.29. The number of benzene rings is 2. The molecule has 2 aromatic carbocycles. The van der Waals surface area contributed by atoms with Crippen LogP contribution in [-0.2, 0) is 15.3 Å². The number of ether oxygens (including phenoxy) is 1. The number of carbonyl (C=O) groups excluding carboxylic acids is 2. The zero-order valence-corrected chi connectivity index (χ0v) is 22.1. The minimum Gasteiger partial charge on any atom is -0.507 e. The minimum absolute atomic E-state index is 0.0166. The molecule has 3 heterocycles. The van der Waals surface area contributed by atoms with Crippen LogP contribution < -0.4 is 9.64 Å². The van der Waals surface area contributed by atoms with Crippen LogP contribution in [0.5, 0.6) is 5.75 Å². The molecule has 0 aliphatic carbocycles. The third-order valence-corrected chi connectivity index (χ3v) is 8.00. The van der Waals surface area contributed by atoms with Gasteiger partial charge in [-0.15, -0.1) is 10.2 Å². The molecule has 4 aromatic rings. The van der Waals surface area contributed by atoms with Crippen LogP contribution in [0, 0.1) is 0 Å². The highest BCUT2D eigenvalue weighted by molar-refractivity contribution is 8.00. The highest BCUT2D eigenvalue weighted by Gasteiger charge is 2.48. The molecule has 1 saturated heterocycles. The third kappa shape index (κ3) is 5.32. The van der Waals surface area contributed by atoms with Crippen LogP contribution in [0.1, 0.15) is 36.1 Å². The van der Waals surface area contributed by atoms with Crippen LogP contribution in [0.2, 0.25) is 0 Å². The van der Waals surface area contributed by atoms with Crippen LogP contribution in [0.3, 0.4) is 0 Å². The van der Waals surface area contributed by atoms with Crippen molar-refractivity contribution in [3.63, 3.8) is 0 Å². The van der Waals surface area contributed by atoms with Gasteiger partial charge in [-0.1, -0.05) is 60.4 Å². The number of hydrogen-bond donors (Lipinski definition) is 1. The molecule has 8 nitrogen and oxygen atoms in total. The summed E-state index contributed by atoms with van der Waals surface area (Å²) in [5, 5.41) is 20.0. The summed E-state index contributed by atoms with van der Waals surface area (Å²) in [7, 11) is 0. The Kier molecular flexibility index (Phi) is 7.81. The molecule has 1 atom stereocenters. The second kappa shape index (κ2) is 11.6. The zero-order valence-electron chi connectivity index (χ0n) is 20.5. The Morgan fingerprint density at radius 1 is 1.03 bits per heavy atom. The van der Waals surface area contributed by atoms with E-state index in [-0.39, 0.29) is 16.5 Å². The molecule has 192 valence electrons. The van der Waals surface area contributed by atoms with Gasteiger partial charge in [0.15, 0.2) is 4.34 Å². The van der Waals surface area contributed by atoms with E-state index in [2.05, 4.69) is 15.2 Å². The van der Waals surface area contributed by atoms with E-state index >= 15 is 0 Å². The monoisotopic (exact) mass is 544 g/mol. The van der Waals surface area contributed by atoms with Gasteiger partial charge < -0.3 is 9.84 Å². The summed E-state index contributed by atoms with van der Waals surface area (Å²) in [6.45, 7) is 2.59. The van der Waals surface area contributed by atoms with Gasteiger partial charge in [-0.05, 0) is 53.9 Å². The number of ketones is 1. The van der Waals surface area contributed by atoms with Crippen LogP contribution in [0.25, 0.3) is 5.76 Å². The Morgan fingerprint density at radius 2 is 1.76 bits per heavy atom. The van der Waals surface area contributed by atoms with E-state index < -0.39 is 17.7 Å². The highest BCUT2D eigenvalue weighted by Crippen LogP contribution is 2.44. The molecule has 5 rings (SSSR count). The molecule has 0 spiro atoms. The molecule has 2 aromatic heterocycles. The molecular weight excluding hydrogens is 520 g/mol. The number of aliphatic hydroxyl groups excluding tert-OH is 1.